The molecule has 1 aliphatic heterocycles. The summed E-state index contributed by atoms with van der Waals surface area (Å²) in [5, 5.41) is 6.82. The molecule has 1 aromatic heterocycles. The summed E-state index contributed by atoms with van der Waals surface area (Å²) >= 11 is 1.65. The third kappa shape index (κ3) is 5.55. The normalized spacial score (nSPS) is 14.0. The maximum Gasteiger partial charge on any atom is 0.379 e. The average Bonchev–Trinajstić information content (AvgIpc) is 3.51. The molecule has 0 bridgehead atoms. The van der Waals surface area contributed by atoms with E-state index in [0.29, 0.717) is 18.3 Å². The SMILES string of the molecule is CC.Cc1csc2c(OP(=O)(CCc3ccccc3)OCc3ccccc3)cc3c(c12)CCN3. The Balaban J connectivity index is 0.00000133. The van der Waals surface area contributed by atoms with Crippen LogP contribution in [0, 0.1) is 6.92 Å². The second kappa shape index (κ2) is 11.2. The van der Waals surface area contributed by atoms with Crippen LogP contribution < -0.4 is 9.84 Å². The maximum atomic E-state index is 14.0. The van der Waals surface area contributed by atoms with Crippen molar-refractivity contribution in [3.63, 3.8) is 0 Å². The van der Waals surface area contributed by atoms with Gasteiger partial charge in [-0.2, -0.15) is 0 Å². The molecule has 0 saturated heterocycles. The lowest BCUT2D eigenvalue weighted by Crippen LogP contribution is -2.06. The number of anilines is 1. The standard InChI is InChI=1S/C26H26NO3PS.C2H6/c1-19-18-32-26-24(16-23-22(25(19)26)12-14-27-23)30-31(28,15-13-20-8-4-2-5-9-20)29-17-21-10-6-3-7-11-21;1-2/h2-11,16,18,27H,12-15,17H2,1H3;1-2H3. The van der Waals surface area contributed by atoms with Gasteiger partial charge in [0.05, 0.1) is 17.5 Å². The van der Waals surface area contributed by atoms with Crippen LogP contribution in [0.25, 0.3) is 10.1 Å². The summed E-state index contributed by atoms with van der Waals surface area (Å²) in [4.78, 5) is 0. The fourth-order valence-corrected chi connectivity index (χ4v) is 6.86. The average molecular weight is 494 g/mol. The van der Waals surface area contributed by atoms with Crippen LogP contribution in [0.5, 0.6) is 5.75 Å². The minimum absolute atomic E-state index is 0.253. The molecule has 0 fully saturated rings. The first kappa shape index (κ1) is 24.5. The molecule has 0 aliphatic carbocycles. The molecule has 1 N–H and O–H groups in total. The second-order valence-electron chi connectivity index (χ2n) is 8.12. The van der Waals surface area contributed by atoms with Crippen molar-refractivity contribution in [1.82, 2.24) is 0 Å². The van der Waals surface area contributed by atoms with Gasteiger partial charge in [0.2, 0.25) is 0 Å². The first-order valence-corrected chi connectivity index (χ1v) is 14.5. The number of aryl methyl sites for hydroxylation is 2. The highest BCUT2D eigenvalue weighted by molar-refractivity contribution is 7.54. The van der Waals surface area contributed by atoms with Gasteiger partial charge in [0.15, 0.2) is 0 Å². The second-order valence-corrected chi connectivity index (χ2v) is 11.1. The lowest BCUT2D eigenvalue weighted by atomic mass is 10.0. The third-order valence-corrected chi connectivity index (χ3v) is 8.70. The molecule has 178 valence electrons. The molecule has 0 spiro atoms. The number of hydrogen-bond acceptors (Lipinski definition) is 5. The molecule has 0 saturated carbocycles. The molecule has 1 aliphatic rings. The lowest BCUT2D eigenvalue weighted by molar-refractivity contribution is 0.256. The number of benzene rings is 3. The Hall–Kier alpha value is -2.59. The molecule has 0 radical (unpaired) electrons. The Labute approximate surface area is 206 Å². The van der Waals surface area contributed by atoms with Crippen LogP contribution in [0.4, 0.5) is 5.69 Å². The predicted molar refractivity (Wildman–Crippen MR) is 145 cm³/mol. The first-order valence-electron chi connectivity index (χ1n) is 11.9. The van der Waals surface area contributed by atoms with E-state index in [4.69, 9.17) is 9.05 Å². The third-order valence-electron chi connectivity index (χ3n) is 5.82. The van der Waals surface area contributed by atoms with Crippen molar-refractivity contribution in [2.24, 2.45) is 0 Å². The summed E-state index contributed by atoms with van der Waals surface area (Å²) < 4.78 is 27.4. The zero-order valence-corrected chi connectivity index (χ0v) is 21.8. The highest BCUT2D eigenvalue weighted by Crippen LogP contribution is 2.53. The van der Waals surface area contributed by atoms with Crippen LogP contribution in [-0.2, 0) is 28.5 Å². The van der Waals surface area contributed by atoms with E-state index in [1.54, 1.807) is 11.3 Å². The summed E-state index contributed by atoms with van der Waals surface area (Å²) in [6.45, 7) is 7.30. The van der Waals surface area contributed by atoms with Crippen molar-refractivity contribution in [2.45, 2.75) is 40.2 Å². The van der Waals surface area contributed by atoms with Crippen molar-refractivity contribution >= 4 is 34.7 Å². The highest BCUT2D eigenvalue weighted by atomic mass is 32.1. The smallest absolute Gasteiger partial charge is 0.379 e. The molecule has 1 unspecified atom stereocenters. The van der Waals surface area contributed by atoms with Gasteiger partial charge in [-0.05, 0) is 47.4 Å². The Kier molecular flexibility index (Phi) is 8.10. The van der Waals surface area contributed by atoms with Crippen LogP contribution in [0.3, 0.4) is 0 Å². The van der Waals surface area contributed by atoms with Gasteiger partial charge >= 0.3 is 7.60 Å². The highest BCUT2D eigenvalue weighted by Gasteiger charge is 2.29. The molecular weight excluding hydrogens is 461 g/mol. The minimum Gasteiger partial charge on any atom is -0.423 e. The summed E-state index contributed by atoms with van der Waals surface area (Å²) in [6, 6.07) is 21.9. The van der Waals surface area contributed by atoms with Gasteiger partial charge in [-0.1, -0.05) is 74.5 Å². The van der Waals surface area contributed by atoms with Crippen LogP contribution in [0.1, 0.15) is 36.1 Å². The zero-order valence-electron chi connectivity index (χ0n) is 20.0. The van der Waals surface area contributed by atoms with Crippen molar-refractivity contribution in [2.75, 3.05) is 18.0 Å². The monoisotopic (exact) mass is 493 g/mol. The first-order chi connectivity index (χ1) is 16.6. The number of fused-ring (bicyclic) bond motifs is 3. The van der Waals surface area contributed by atoms with Crippen LogP contribution >= 0.6 is 18.9 Å². The largest absolute Gasteiger partial charge is 0.423 e. The Bertz CT molecular complexity index is 1220. The Morgan fingerprint density at radius 1 is 1.00 bits per heavy atom. The van der Waals surface area contributed by atoms with E-state index in [9.17, 15) is 4.57 Å². The van der Waals surface area contributed by atoms with Gasteiger partial charge in [-0.3, -0.25) is 4.52 Å². The van der Waals surface area contributed by atoms with Crippen molar-refractivity contribution < 1.29 is 13.6 Å². The van der Waals surface area contributed by atoms with Gasteiger partial charge in [0.25, 0.3) is 0 Å². The van der Waals surface area contributed by atoms with E-state index in [2.05, 4.69) is 17.6 Å². The fourth-order valence-electron chi connectivity index (χ4n) is 4.17. The van der Waals surface area contributed by atoms with E-state index in [0.717, 1.165) is 34.5 Å². The number of rotatable bonds is 8. The van der Waals surface area contributed by atoms with Gasteiger partial charge in [-0.25, -0.2) is 4.57 Å². The fraction of sp³-hybridized carbons (Fsp3) is 0.286. The molecule has 2 heterocycles. The Morgan fingerprint density at radius 3 is 2.38 bits per heavy atom. The molecule has 6 heteroatoms. The molecule has 4 aromatic rings. The van der Waals surface area contributed by atoms with Crippen molar-refractivity contribution in [1.29, 1.82) is 0 Å². The summed E-state index contributed by atoms with van der Waals surface area (Å²) in [5.41, 5.74) is 5.73. The quantitative estimate of drug-likeness (QED) is 0.251. The molecule has 0 amide bonds. The van der Waals surface area contributed by atoms with E-state index >= 15 is 0 Å². The summed E-state index contributed by atoms with van der Waals surface area (Å²) in [7, 11) is -3.41. The molecule has 34 heavy (non-hydrogen) atoms. The van der Waals surface area contributed by atoms with Crippen LogP contribution in [0.15, 0.2) is 72.1 Å². The van der Waals surface area contributed by atoms with Crippen LogP contribution in [0.2, 0.25) is 0 Å². The van der Waals surface area contributed by atoms with Crippen molar-refractivity contribution in [3.8, 4) is 5.75 Å². The maximum absolute atomic E-state index is 14.0. The topological polar surface area (TPSA) is 47.6 Å². The summed E-state index contributed by atoms with van der Waals surface area (Å²) in [5.74, 6) is 0.649. The van der Waals surface area contributed by atoms with Gasteiger partial charge < -0.3 is 9.84 Å². The molecule has 1 atom stereocenters. The number of thiophene rings is 1. The van der Waals surface area contributed by atoms with E-state index in [1.165, 1.54) is 16.5 Å². The van der Waals surface area contributed by atoms with Gasteiger partial charge in [0, 0.05) is 23.7 Å². The molecule has 5 rings (SSSR count). The van der Waals surface area contributed by atoms with E-state index in [1.807, 2.05) is 80.6 Å². The molecule has 3 aromatic carbocycles. The Morgan fingerprint density at radius 2 is 1.68 bits per heavy atom. The van der Waals surface area contributed by atoms with E-state index in [-0.39, 0.29) is 6.61 Å². The number of hydrogen-bond donors (Lipinski definition) is 1. The molecular formula is C28H32NO3PS. The zero-order chi connectivity index (χ0) is 24.0. The molecule has 4 nitrogen and oxygen atoms in total. The van der Waals surface area contributed by atoms with Gasteiger partial charge in [0.1, 0.15) is 5.75 Å². The minimum atomic E-state index is -3.41. The summed E-state index contributed by atoms with van der Waals surface area (Å²) in [6.07, 6.45) is 1.95. The number of nitrogens with one attached hydrogen (secondary N) is 1. The predicted octanol–water partition coefficient (Wildman–Crippen LogP) is 8.24. The van der Waals surface area contributed by atoms with Crippen molar-refractivity contribution in [3.05, 3.63) is 94.4 Å². The van der Waals surface area contributed by atoms with Crippen LogP contribution in [-0.4, -0.2) is 12.7 Å². The lowest BCUT2D eigenvalue weighted by Gasteiger charge is -2.21. The van der Waals surface area contributed by atoms with Gasteiger partial charge in [-0.15, -0.1) is 11.3 Å². The van der Waals surface area contributed by atoms with E-state index < -0.39 is 7.60 Å².